The first-order valence-corrected chi connectivity index (χ1v) is 8.96. The SMILES string of the molecule is COCCOC(=O)/C(Cc1ccccc1F)=C(\C)NC(C)CCCCO. The van der Waals surface area contributed by atoms with E-state index in [1.54, 1.807) is 25.1 Å². The number of benzene rings is 1. The van der Waals surface area contributed by atoms with Crippen LogP contribution in [0.1, 0.15) is 38.7 Å². The molecule has 1 atom stereocenters. The summed E-state index contributed by atoms with van der Waals surface area (Å²) in [6, 6.07) is 6.53. The van der Waals surface area contributed by atoms with Crippen LogP contribution >= 0.6 is 0 Å². The number of aliphatic hydroxyl groups excluding tert-OH is 1. The Hall–Kier alpha value is -1.92. The lowest BCUT2D eigenvalue weighted by atomic mass is 10.0. The van der Waals surface area contributed by atoms with Gasteiger partial charge in [0.15, 0.2) is 0 Å². The van der Waals surface area contributed by atoms with Crippen molar-refractivity contribution in [3.8, 4) is 0 Å². The molecule has 26 heavy (non-hydrogen) atoms. The average molecular weight is 367 g/mol. The van der Waals surface area contributed by atoms with Crippen molar-refractivity contribution in [2.24, 2.45) is 0 Å². The number of rotatable bonds is 12. The quantitative estimate of drug-likeness (QED) is 0.338. The third kappa shape index (κ3) is 7.97. The van der Waals surface area contributed by atoms with Gasteiger partial charge in [0, 0.05) is 31.9 Å². The van der Waals surface area contributed by atoms with Gasteiger partial charge >= 0.3 is 5.97 Å². The Morgan fingerprint density at radius 2 is 2.00 bits per heavy atom. The van der Waals surface area contributed by atoms with Crippen LogP contribution in [0.4, 0.5) is 4.39 Å². The molecule has 0 saturated heterocycles. The summed E-state index contributed by atoms with van der Waals surface area (Å²) in [6.45, 7) is 4.44. The first kappa shape index (κ1) is 22.1. The van der Waals surface area contributed by atoms with Crippen molar-refractivity contribution in [1.29, 1.82) is 0 Å². The van der Waals surface area contributed by atoms with Crippen molar-refractivity contribution >= 4 is 5.97 Å². The van der Waals surface area contributed by atoms with Crippen LogP contribution in [-0.4, -0.2) is 44.0 Å². The van der Waals surface area contributed by atoms with Crippen LogP contribution < -0.4 is 5.32 Å². The van der Waals surface area contributed by atoms with Gasteiger partial charge in [0.25, 0.3) is 0 Å². The predicted molar refractivity (Wildman–Crippen MR) is 99.2 cm³/mol. The summed E-state index contributed by atoms with van der Waals surface area (Å²) in [5.74, 6) is -0.823. The number of aliphatic hydroxyl groups is 1. The molecule has 0 bridgehead atoms. The van der Waals surface area contributed by atoms with Gasteiger partial charge in [0.2, 0.25) is 0 Å². The Morgan fingerprint density at radius 3 is 2.65 bits per heavy atom. The van der Waals surface area contributed by atoms with Crippen molar-refractivity contribution in [1.82, 2.24) is 5.32 Å². The third-order valence-electron chi connectivity index (χ3n) is 4.05. The van der Waals surface area contributed by atoms with Crippen LogP contribution in [0.15, 0.2) is 35.5 Å². The van der Waals surface area contributed by atoms with E-state index in [1.165, 1.54) is 13.2 Å². The minimum atomic E-state index is -0.474. The summed E-state index contributed by atoms with van der Waals surface area (Å²) in [5.41, 5.74) is 1.52. The van der Waals surface area contributed by atoms with Gasteiger partial charge in [-0.1, -0.05) is 18.2 Å². The molecule has 0 radical (unpaired) electrons. The maximum Gasteiger partial charge on any atom is 0.336 e. The second-order valence-electron chi connectivity index (χ2n) is 6.27. The summed E-state index contributed by atoms with van der Waals surface area (Å²) >= 11 is 0. The Bertz CT molecular complexity index is 589. The number of carbonyl (C=O) groups is 1. The zero-order valence-corrected chi connectivity index (χ0v) is 15.9. The molecular formula is C20H30FNO4. The maximum atomic E-state index is 14.0. The smallest absolute Gasteiger partial charge is 0.336 e. The molecule has 146 valence electrons. The number of nitrogens with one attached hydrogen (secondary N) is 1. The van der Waals surface area contributed by atoms with Crippen LogP contribution in [0.5, 0.6) is 0 Å². The fourth-order valence-electron chi connectivity index (χ4n) is 2.59. The summed E-state index contributed by atoms with van der Waals surface area (Å²) in [7, 11) is 1.53. The topological polar surface area (TPSA) is 67.8 Å². The monoisotopic (exact) mass is 367 g/mol. The largest absolute Gasteiger partial charge is 0.460 e. The maximum absolute atomic E-state index is 14.0. The molecule has 6 heteroatoms. The normalized spacial score (nSPS) is 13.1. The number of methoxy groups -OCH3 is 1. The first-order chi connectivity index (χ1) is 12.5. The number of ether oxygens (including phenoxy) is 2. The van der Waals surface area contributed by atoms with Crippen LogP contribution in [0.2, 0.25) is 0 Å². The molecule has 0 fully saturated rings. The number of hydrogen-bond acceptors (Lipinski definition) is 5. The van der Waals surface area contributed by atoms with Crippen molar-refractivity contribution in [3.05, 3.63) is 46.9 Å². The zero-order valence-electron chi connectivity index (χ0n) is 15.9. The van der Waals surface area contributed by atoms with E-state index in [0.29, 0.717) is 23.4 Å². The number of unbranched alkanes of at least 4 members (excludes halogenated alkanes) is 1. The standard InChI is InChI=1S/C20H30FNO4/c1-15(8-6-7-11-23)22-16(2)18(20(24)26-13-12-25-3)14-17-9-4-5-10-19(17)21/h4-5,9-10,15,22-23H,6-8,11-14H2,1-3H3/b18-16+. The summed E-state index contributed by atoms with van der Waals surface area (Å²) in [4.78, 5) is 12.5. The molecular weight excluding hydrogens is 337 g/mol. The molecule has 0 saturated carbocycles. The minimum absolute atomic E-state index is 0.129. The number of allylic oxidation sites excluding steroid dienone is 1. The molecule has 1 unspecified atom stereocenters. The van der Waals surface area contributed by atoms with Gasteiger partial charge in [-0.25, -0.2) is 9.18 Å². The molecule has 1 rings (SSSR count). The van der Waals surface area contributed by atoms with Gasteiger partial charge in [0.1, 0.15) is 12.4 Å². The average Bonchev–Trinajstić information content (AvgIpc) is 2.61. The van der Waals surface area contributed by atoms with Gasteiger partial charge in [-0.05, 0) is 44.7 Å². The van der Waals surface area contributed by atoms with Crippen LogP contribution in [0.25, 0.3) is 0 Å². The van der Waals surface area contributed by atoms with Gasteiger partial charge in [-0.15, -0.1) is 0 Å². The third-order valence-corrected chi connectivity index (χ3v) is 4.05. The fourth-order valence-corrected chi connectivity index (χ4v) is 2.59. The molecule has 2 N–H and O–H groups in total. The van der Waals surface area contributed by atoms with E-state index in [2.05, 4.69) is 5.32 Å². The molecule has 1 aromatic carbocycles. The molecule has 0 spiro atoms. The summed E-state index contributed by atoms with van der Waals surface area (Å²) in [5, 5.41) is 12.2. The van der Waals surface area contributed by atoms with E-state index in [0.717, 1.165) is 19.3 Å². The Kier molecular flexibility index (Phi) is 10.6. The first-order valence-electron chi connectivity index (χ1n) is 8.96. The fraction of sp³-hybridized carbons (Fsp3) is 0.550. The molecule has 0 aliphatic heterocycles. The molecule has 0 heterocycles. The minimum Gasteiger partial charge on any atom is -0.460 e. The van der Waals surface area contributed by atoms with E-state index in [4.69, 9.17) is 14.6 Å². The molecule has 0 amide bonds. The van der Waals surface area contributed by atoms with E-state index < -0.39 is 5.97 Å². The number of esters is 1. The van der Waals surface area contributed by atoms with Crippen molar-refractivity contribution in [2.45, 2.75) is 45.6 Å². The highest BCUT2D eigenvalue weighted by Gasteiger charge is 2.18. The second kappa shape index (κ2) is 12.4. The van der Waals surface area contributed by atoms with Crippen molar-refractivity contribution in [2.75, 3.05) is 26.9 Å². The Morgan fingerprint density at radius 1 is 1.27 bits per heavy atom. The van der Waals surface area contributed by atoms with Crippen molar-refractivity contribution < 1.29 is 23.8 Å². The van der Waals surface area contributed by atoms with E-state index in [9.17, 15) is 9.18 Å². The summed E-state index contributed by atoms with van der Waals surface area (Å²) < 4.78 is 24.2. The zero-order chi connectivity index (χ0) is 19.4. The Balaban J connectivity index is 2.90. The molecule has 5 nitrogen and oxygen atoms in total. The van der Waals surface area contributed by atoms with Crippen LogP contribution in [-0.2, 0) is 20.7 Å². The highest BCUT2D eigenvalue weighted by molar-refractivity contribution is 5.89. The highest BCUT2D eigenvalue weighted by atomic mass is 19.1. The van der Waals surface area contributed by atoms with Crippen molar-refractivity contribution in [3.63, 3.8) is 0 Å². The van der Waals surface area contributed by atoms with E-state index in [1.807, 2.05) is 6.92 Å². The van der Waals surface area contributed by atoms with E-state index in [-0.39, 0.29) is 31.5 Å². The molecule has 0 aromatic heterocycles. The predicted octanol–water partition coefficient (Wildman–Crippen LogP) is 2.97. The van der Waals surface area contributed by atoms with Gasteiger partial charge in [-0.2, -0.15) is 0 Å². The lowest BCUT2D eigenvalue weighted by Crippen LogP contribution is -2.28. The molecule has 0 aliphatic rings. The molecule has 0 aliphatic carbocycles. The lowest BCUT2D eigenvalue weighted by molar-refractivity contribution is -0.140. The lowest BCUT2D eigenvalue weighted by Gasteiger charge is -2.19. The van der Waals surface area contributed by atoms with Gasteiger partial charge in [0.05, 0.1) is 12.2 Å². The van der Waals surface area contributed by atoms with E-state index >= 15 is 0 Å². The molecule has 1 aromatic rings. The highest BCUT2D eigenvalue weighted by Crippen LogP contribution is 2.17. The number of halogens is 1. The van der Waals surface area contributed by atoms with Gasteiger partial charge in [-0.3, -0.25) is 0 Å². The van der Waals surface area contributed by atoms with Crippen LogP contribution in [0.3, 0.4) is 0 Å². The second-order valence-corrected chi connectivity index (χ2v) is 6.27. The number of carbonyl (C=O) groups excluding carboxylic acids is 1. The Labute approximate surface area is 155 Å². The summed E-state index contributed by atoms with van der Waals surface area (Å²) in [6.07, 6.45) is 2.65. The van der Waals surface area contributed by atoms with Gasteiger partial charge < -0.3 is 19.9 Å². The van der Waals surface area contributed by atoms with Crippen LogP contribution in [0, 0.1) is 5.82 Å². The number of hydrogen-bond donors (Lipinski definition) is 2.